The smallest absolute Gasteiger partial charge is 0.264 e. The van der Waals surface area contributed by atoms with E-state index in [-0.39, 0.29) is 24.0 Å². The molecule has 2 rings (SSSR count). The average molecular weight is 343 g/mol. The fraction of sp³-hybridized carbons (Fsp3) is 0.600. The first-order chi connectivity index (χ1) is 12.0. The lowest BCUT2D eigenvalue weighted by Crippen LogP contribution is -2.41. The summed E-state index contributed by atoms with van der Waals surface area (Å²) < 4.78 is 2.25. The number of rotatable bonds is 6. The van der Waals surface area contributed by atoms with Crippen LogP contribution in [-0.2, 0) is 11.3 Å². The number of unbranched alkanes of at least 4 members (excludes halogenated alkanes) is 1. The summed E-state index contributed by atoms with van der Waals surface area (Å²) in [4.78, 5) is 14.4. The van der Waals surface area contributed by atoms with Crippen molar-refractivity contribution in [1.82, 2.24) is 9.47 Å². The van der Waals surface area contributed by atoms with E-state index in [0.29, 0.717) is 13.1 Å². The average Bonchev–Trinajstić information content (AvgIpc) is 2.90. The SMILES string of the molecule is CCCCn1c(C)cc(/C=C(/C#N)C(=O)N2CCCC(CO)C2)c1C. The third kappa shape index (κ3) is 4.52. The molecule has 2 heterocycles. The number of aliphatic hydroxyl groups is 1. The Hall–Kier alpha value is -2.06. The lowest BCUT2D eigenvalue weighted by atomic mass is 9.98. The van der Waals surface area contributed by atoms with Gasteiger partial charge in [0.25, 0.3) is 5.91 Å². The minimum atomic E-state index is -0.223. The van der Waals surface area contributed by atoms with Crippen molar-refractivity contribution < 1.29 is 9.90 Å². The van der Waals surface area contributed by atoms with Crippen LogP contribution < -0.4 is 0 Å². The van der Waals surface area contributed by atoms with Gasteiger partial charge in [-0.05, 0) is 56.7 Å². The van der Waals surface area contributed by atoms with Crippen LogP contribution in [0.2, 0.25) is 0 Å². The van der Waals surface area contributed by atoms with E-state index in [2.05, 4.69) is 24.5 Å². The molecule has 1 aromatic heterocycles. The Bertz CT molecular complexity index is 682. The summed E-state index contributed by atoms with van der Waals surface area (Å²) in [5, 5.41) is 18.8. The zero-order valence-electron chi connectivity index (χ0n) is 15.6. The number of hydrogen-bond donors (Lipinski definition) is 1. The van der Waals surface area contributed by atoms with Crippen LogP contribution in [0.1, 0.15) is 49.6 Å². The number of aryl methyl sites for hydroxylation is 1. The molecule has 0 spiro atoms. The van der Waals surface area contributed by atoms with Gasteiger partial charge in [0, 0.05) is 37.6 Å². The Morgan fingerprint density at radius 2 is 2.24 bits per heavy atom. The van der Waals surface area contributed by atoms with Crippen LogP contribution in [-0.4, -0.2) is 40.2 Å². The molecular formula is C20H29N3O2. The van der Waals surface area contributed by atoms with E-state index in [9.17, 15) is 15.2 Å². The lowest BCUT2D eigenvalue weighted by Gasteiger charge is -2.31. The zero-order chi connectivity index (χ0) is 18.4. The highest BCUT2D eigenvalue weighted by Crippen LogP contribution is 2.22. The second kappa shape index (κ2) is 8.87. The summed E-state index contributed by atoms with van der Waals surface area (Å²) in [7, 11) is 0. The van der Waals surface area contributed by atoms with Crippen molar-refractivity contribution in [3.05, 3.63) is 28.6 Å². The zero-order valence-corrected chi connectivity index (χ0v) is 15.6. The van der Waals surface area contributed by atoms with Gasteiger partial charge in [-0.15, -0.1) is 0 Å². The molecule has 1 fully saturated rings. The van der Waals surface area contributed by atoms with Crippen LogP contribution in [0.4, 0.5) is 0 Å². The standard InChI is InChI=1S/C20H29N3O2/c1-4-5-9-23-15(2)10-18(16(23)3)11-19(12-21)20(25)22-8-6-7-17(13-22)14-24/h10-11,17,24H,4-9,13-14H2,1-3H3/b19-11-. The van der Waals surface area contributed by atoms with Gasteiger partial charge < -0.3 is 14.6 Å². The van der Waals surface area contributed by atoms with Crippen molar-refractivity contribution in [2.45, 2.75) is 53.0 Å². The van der Waals surface area contributed by atoms with Gasteiger partial charge in [0.05, 0.1) is 0 Å². The molecule has 0 saturated carbocycles. The monoisotopic (exact) mass is 343 g/mol. The van der Waals surface area contributed by atoms with Gasteiger partial charge in [0.1, 0.15) is 11.6 Å². The molecule has 1 saturated heterocycles. The van der Waals surface area contributed by atoms with Crippen LogP contribution in [0, 0.1) is 31.1 Å². The normalized spacial score (nSPS) is 18.3. The molecule has 1 amide bonds. The summed E-state index contributed by atoms with van der Waals surface area (Å²) in [5.74, 6) is -0.101. The number of nitriles is 1. The third-order valence-corrected chi connectivity index (χ3v) is 5.06. The number of nitrogens with zero attached hydrogens (tertiary/aromatic N) is 3. The molecule has 1 N–H and O–H groups in total. The van der Waals surface area contributed by atoms with Crippen LogP contribution in [0.15, 0.2) is 11.6 Å². The number of carbonyl (C=O) groups is 1. The quantitative estimate of drug-likeness (QED) is 0.637. The van der Waals surface area contributed by atoms with Gasteiger partial charge in [0.2, 0.25) is 0 Å². The van der Waals surface area contributed by atoms with Crippen LogP contribution in [0.25, 0.3) is 6.08 Å². The van der Waals surface area contributed by atoms with Crippen molar-refractivity contribution in [2.24, 2.45) is 5.92 Å². The third-order valence-electron chi connectivity index (χ3n) is 5.06. The van der Waals surface area contributed by atoms with E-state index >= 15 is 0 Å². The van der Waals surface area contributed by atoms with Crippen LogP contribution in [0.3, 0.4) is 0 Å². The molecule has 136 valence electrons. The highest BCUT2D eigenvalue weighted by Gasteiger charge is 2.25. The summed E-state index contributed by atoms with van der Waals surface area (Å²) >= 11 is 0. The molecule has 1 unspecified atom stereocenters. The summed E-state index contributed by atoms with van der Waals surface area (Å²) in [5.41, 5.74) is 3.36. The molecule has 1 aliphatic rings. The van der Waals surface area contributed by atoms with Gasteiger partial charge in [0.15, 0.2) is 0 Å². The Balaban J connectivity index is 2.22. The van der Waals surface area contributed by atoms with E-state index in [4.69, 9.17) is 0 Å². The number of amides is 1. The van der Waals surface area contributed by atoms with E-state index in [1.807, 2.05) is 13.0 Å². The fourth-order valence-electron chi connectivity index (χ4n) is 3.50. The Kier molecular flexibility index (Phi) is 6.83. The maximum atomic E-state index is 12.7. The number of aromatic nitrogens is 1. The molecule has 0 aromatic carbocycles. The summed E-state index contributed by atoms with van der Waals surface area (Å²) in [6.07, 6.45) is 5.77. The van der Waals surface area contributed by atoms with Gasteiger partial charge in [-0.2, -0.15) is 5.26 Å². The number of piperidine rings is 1. The Labute approximate surface area is 150 Å². The molecule has 5 heteroatoms. The molecule has 1 atom stereocenters. The molecule has 5 nitrogen and oxygen atoms in total. The predicted molar refractivity (Wildman–Crippen MR) is 98.8 cm³/mol. The van der Waals surface area contributed by atoms with Crippen LogP contribution in [0.5, 0.6) is 0 Å². The van der Waals surface area contributed by atoms with Crippen molar-refractivity contribution in [2.75, 3.05) is 19.7 Å². The molecule has 1 aromatic rings. The maximum Gasteiger partial charge on any atom is 0.264 e. The van der Waals surface area contributed by atoms with E-state index in [1.54, 1.807) is 11.0 Å². The van der Waals surface area contributed by atoms with Gasteiger partial charge in [-0.3, -0.25) is 4.79 Å². The molecule has 1 aliphatic heterocycles. The summed E-state index contributed by atoms with van der Waals surface area (Å²) in [6.45, 7) is 8.50. The van der Waals surface area contributed by atoms with Gasteiger partial charge >= 0.3 is 0 Å². The number of aliphatic hydroxyl groups excluding tert-OH is 1. The molecule has 0 bridgehead atoms. The first kappa shape index (κ1) is 19.3. The van der Waals surface area contributed by atoms with Gasteiger partial charge in [-0.1, -0.05) is 13.3 Å². The van der Waals surface area contributed by atoms with E-state index in [0.717, 1.165) is 49.2 Å². The van der Waals surface area contributed by atoms with Crippen molar-refractivity contribution in [3.8, 4) is 6.07 Å². The lowest BCUT2D eigenvalue weighted by molar-refractivity contribution is -0.128. The highest BCUT2D eigenvalue weighted by molar-refractivity contribution is 6.01. The minimum absolute atomic E-state index is 0.0912. The first-order valence-corrected chi connectivity index (χ1v) is 9.20. The topological polar surface area (TPSA) is 69.3 Å². The number of carbonyl (C=O) groups excluding carboxylic acids is 1. The first-order valence-electron chi connectivity index (χ1n) is 9.20. The second-order valence-corrected chi connectivity index (χ2v) is 6.94. The van der Waals surface area contributed by atoms with E-state index < -0.39 is 0 Å². The minimum Gasteiger partial charge on any atom is -0.396 e. The maximum absolute atomic E-state index is 12.7. The Morgan fingerprint density at radius 3 is 2.88 bits per heavy atom. The van der Waals surface area contributed by atoms with Crippen molar-refractivity contribution in [1.29, 1.82) is 5.26 Å². The van der Waals surface area contributed by atoms with E-state index in [1.165, 1.54) is 0 Å². The molecule has 0 aliphatic carbocycles. The second-order valence-electron chi connectivity index (χ2n) is 6.94. The molecule has 0 radical (unpaired) electrons. The summed E-state index contributed by atoms with van der Waals surface area (Å²) in [6, 6.07) is 4.12. The highest BCUT2D eigenvalue weighted by atomic mass is 16.3. The number of likely N-dealkylation sites (tertiary alicyclic amines) is 1. The van der Waals surface area contributed by atoms with Crippen molar-refractivity contribution >= 4 is 12.0 Å². The van der Waals surface area contributed by atoms with Crippen LogP contribution >= 0.6 is 0 Å². The Morgan fingerprint density at radius 1 is 1.48 bits per heavy atom. The molecular weight excluding hydrogens is 314 g/mol. The number of hydrogen-bond acceptors (Lipinski definition) is 3. The largest absolute Gasteiger partial charge is 0.396 e. The predicted octanol–water partition coefficient (Wildman–Crippen LogP) is 3.04. The fourth-order valence-corrected chi connectivity index (χ4v) is 3.50. The van der Waals surface area contributed by atoms with Crippen molar-refractivity contribution in [3.63, 3.8) is 0 Å². The molecule has 25 heavy (non-hydrogen) atoms. The van der Waals surface area contributed by atoms with Gasteiger partial charge in [-0.25, -0.2) is 0 Å².